The summed E-state index contributed by atoms with van der Waals surface area (Å²) < 4.78 is 5.04. The highest BCUT2D eigenvalue weighted by Gasteiger charge is 2.07. The molecule has 19 heavy (non-hydrogen) atoms. The third kappa shape index (κ3) is 2.46. The van der Waals surface area contributed by atoms with E-state index < -0.39 is 0 Å². The van der Waals surface area contributed by atoms with Gasteiger partial charge < -0.3 is 4.74 Å². The van der Waals surface area contributed by atoms with Crippen molar-refractivity contribution >= 4 is 11.3 Å². The molecule has 0 aromatic carbocycles. The number of methoxy groups -OCH3 is 1. The minimum absolute atomic E-state index is 0.605. The van der Waals surface area contributed by atoms with E-state index >= 15 is 0 Å². The zero-order chi connectivity index (χ0) is 13.1. The second-order valence-corrected chi connectivity index (χ2v) is 4.72. The number of hydrogen-bond donors (Lipinski definition) is 0. The molecule has 0 N–H and O–H groups in total. The van der Waals surface area contributed by atoms with Crippen molar-refractivity contribution in [2.45, 2.75) is 0 Å². The molecule has 0 spiro atoms. The molecule has 0 fully saturated rings. The van der Waals surface area contributed by atoms with Crippen molar-refractivity contribution in [2.24, 2.45) is 0 Å². The lowest BCUT2D eigenvalue weighted by Crippen LogP contribution is -1.87. The molecule has 0 radical (unpaired) electrons. The number of pyridine rings is 2. The highest BCUT2D eigenvalue weighted by atomic mass is 32.1. The average Bonchev–Trinajstić information content (AvgIpc) is 2.98. The maximum atomic E-state index is 5.04. The van der Waals surface area contributed by atoms with Crippen molar-refractivity contribution in [1.82, 2.24) is 15.0 Å². The van der Waals surface area contributed by atoms with Crippen LogP contribution in [0.2, 0.25) is 0 Å². The van der Waals surface area contributed by atoms with Gasteiger partial charge in [-0.25, -0.2) is 9.97 Å². The van der Waals surface area contributed by atoms with Gasteiger partial charge in [-0.3, -0.25) is 4.98 Å². The van der Waals surface area contributed by atoms with Crippen LogP contribution in [0.1, 0.15) is 0 Å². The van der Waals surface area contributed by atoms with Gasteiger partial charge in [-0.2, -0.15) is 0 Å². The van der Waals surface area contributed by atoms with Crippen LogP contribution in [-0.4, -0.2) is 22.1 Å². The van der Waals surface area contributed by atoms with E-state index in [1.165, 1.54) is 0 Å². The van der Waals surface area contributed by atoms with Gasteiger partial charge in [0.1, 0.15) is 5.01 Å². The number of hydrogen-bond acceptors (Lipinski definition) is 5. The Morgan fingerprint density at radius 2 is 1.89 bits per heavy atom. The van der Waals surface area contributed by atoms with Gasteiger partial charge >= 0.3 is 0 Å². The molecule has 3 aromatic heterocycles. The quantitative estimate of drug-likeness (QED) is 0.732. The molecular formula is C14H11N3OS. The number of aromatic nitrogens is 3. The topological polar surface area (TPSA) is 47.9 Å². The molecule has 5 heteroatoms. The Hall–Kier alpha value is -2.27. The minimum atomic E-state index is 0.605. The van der Waals surface area contributed by atoms with E-state index in [9.17, 15) is 0 Å². The number of thiazole rings is 1. The first-order valence-electron chi connectivity index (χ1n) is 5.73. The molecule has 0 aliphatic carbocycles. The Balaban J connectivity index is 1.92. The summed E-state index contributed by atoms with van der Waals surface area (Å²) >= 11 is 1.61. The summed E-state index contributed by atoms with van der Waals surface area (Å²) in [6.45, 7) is 0. The van der Waals surface area contributed by atoms with Crippen molar-refractivity contribution in [3.8, 4) is 27.7 Å². The first kappa shape index (κ1) is 11.8. The third-order valence-corrected chi connectivity index (χ3v) is 3.56. The van der Waals surface area contributed by atoms with Crippen molar-refractivity contribution in [1.29, 1.82) is 0 Å². The highest BCUT2D eigenvalue weighted by molar-refractivity contribution is 7.13. The summed E-state index contributed by atoms with van der Waals surface area (Å²) in [5.41, 5.74) is 2.98. The van der Waals surface area contributed by atoms with Gasteiger partial charge in [0.05, 0.1) is 12.8 Å². The van der Waals surface area contributed by atoms with Crippen LogP contribution in [0, 0.1) is 0 Å². The van der Waals surface area contributed by atoms with Gasteiger partial charge in [-0.15, -0.1) is 11.3 Å². The number of nitrogens with zero attached hydrogens (tertiary/aromatic N) is 3. The SMILES string of the molecule is COc1ccc(-c2csc(-c3ccncc3)n2)cn1. The molecule has 0 unspecified atom stereocenters. The second-order valence-electron chi connectivity index (χ2n) is 3.86. The van der Waals surface area contributed by atoms with Crippen molar-refractivity contribution in [2.75, 3.05) is 7.11 Å². The molecule has 0 saturated heterocycles. The molecule has 94 valence electrons. The van der Waals surface area contributed by atoms with Gasteiger partial charge in [0.25, 0.3) is 0 Å². The lowest BCUT2D eigenvalue weighted by atomic mass is 10.2. The fourth-order valence-electron chi connectivity index (χ4n) is 1.69. The number of rotatable bonds is 3. The van der Waals surface area contributed by atoms with E-state index in [4.69, 9.17) is 4.74 Å². The summed E-state index contributed by atoms with van der Waals surface area (Å²) in [5, 5.41) is 3.01. The van der Waals surface area contributed by atoms with Crippen molar-refractivity contribution in [3.63, 3.8) is 0 Å². The molecular weight excluding hydrogens is 258 g/mol. The van der Waals surface area contributed by atoms with Crippen molar-refractivity contribution < 1.29 is 4.74 Å². The molecule has 3 heterocycles. The predicted molar refractivity (Wildman–Crippen MR) is 75.1 cm³/mol. The largest absolute Gasteiger partial charge is 0.481 e. The smallest absolute Gasteiger partial charge is 0.212 e. The molecule has 0 aliphatic heterocycles. The van der Waals surface area contributed by atoms with E-state index in [0.717, 1.165) is 21.8 Å². The van der Waals surface area contributed by atoms with Crippen LogP contribution < -0.4 is 4.74 Å². The van der Waals surface area contributed by atoms with Gasteiger partial charge in [0.2, 0.25) is 5.88 Å². The molecule has 0 bridgehead atoms. The minimum Gasteiger partial charge on any atom is -0.481 e. The van der Waals surface area contributed by atoms with Crippen molar-refractivity contribution in [3.05, 3.63) is 48.2 Å². The van der Waals surface area contributed by atoms with Crippen LogP contribution in [0.5, 0.6) is 5.88 Å². The molecule has 4 nitrogen and oxygen atoms in total. The standard InChI is InChI=1S/C14H11N3OS/c1-18-13-3-2-11(8-16-13)12-9-19-14(17-12)10-4-6-15-7-5-10/h2-9H,1H3. The molecule has 0 amide bonds. The lowest BCUT2D eigenvalue weighted by molar-refractivity contribution is 0.398. The Bertz CT molecular complexity index is 665. The van der Waals surface area contributed by atoms with E-state index in [0.29, 0.717) is 5.88 Å². The normalized spacial score (nSPS) is 10.4. The third-order valence-electron chi connectivity index (χ3n) is 2.67. The van der Waals surface area contributed by atoms with Gasteiger partial charge in [0, 0.05) is 41.2 Å². The molecule has 0 atom stereocenters. The molecule has 3 aromatic rings. The second kappa shape index (κ2) is 5.16. The fraction of sp³-hybridized carbons (Fsp3) is 0.0714. The van der Waals surface area contributed by atoms with E-state index in [1.54, 1.807) is 37.0 Å². The van der Waals surface area contributed by atoms with Crippen LogP contribution in [0.3, 0.4) is 0 Å². The molecule has 0 saturated carbocycles. The molecule has 0 aliphatic rings. The summed E-state index contributed by atoms with van der Waals surface area (Å²) in [6.07, 6.45) is 5.31. The monoisotopic (exact) mass is 269 g/mol. The first-order valence-corrected chi connectivity index (χ1v) is 6.61. The van der Waals surface area contributed by atoms with Gasteiger partial charge in [0.15, 0.2) is 0 Å². The zero-order valence-electron chi connectivity index (χ0n) is 10.3. The highest BCUT2D eigenvalue weighted by Crippen LogP contribution is 2.28. The zero-order valence-corrected chi connectivity index (χ0v) is 11.1. The molecule has 3 rings (SSSR count). The van der Waals surface area contributed by atoms with E-state index in [1.807, 2.05) is 29.6 Å². The summed E-state index contributed by atoms with van der Waals surface area (Å²) in [6, 6.07) is 7.70. The van der Waals surface area contributed by atoms with Gasteiger partial charge in [-0.05, 0) is 18.2 Å². The summed E-state index contributed by atoms with van der Waals surface area (Å²) in [4.78, 5) is 12.8. The van der Waals surface area contributed by atoms with Gasteiger partial charge in [-0.1, -0.05) is 0 Å². The van der Waals surface area contributed by atoms with E-state index in [2.05, 4.69) is 15.0 Å². The Morgan fingerprint density at radius 3 is 2.58 bits per heavy atom. The maximum Gasteiger partial charge on any atom is 0.212 e. The Labute approximate surface area is 114 Å². The fourth-order valence-corrected chi connectivity index (χ4v) is 2.52. The van der Waals surface area contributed by atoms with Crippen LogP contribution in [-0.2, 0) is 0 Å². The lowest BCUT2D eigenvalue weighted by Gasteiger charge is -1.99. The van der Waals surface area contributed by atoms with Crippen LogP contribution >= 0.6 is 11.3 Å². The van der Waals surface area contributed by atoms with Crippen LogP contribution in [0.4, 0.5) is 0 Å². The Morgan fingerprint density at radius 1 is 1.05 bits per heavy atom. The Kier molecular flexibility index (Phi) is 3.20. The maximum absolute atomic E-state index is 5.04. The summed E-state index contributed by atoms with van der Waals surface area (Å²) in [7, 11) is 1.60. The van der Waals surface area contributed by atoms with Crippen LogP contribution in [0.15, 0.2) is 48.2 Å². The van der Waals surface area contributed by atoms with Crippen LogP contribution in [0.25, 0.3) is 21.8 Å². The predicted octanol–water partition coefficient (Wildman–Crippen LogP) is 3.28. The number of ether oxygens (including phenoxy) is 1. The first-order chi connectivity index (χ1) is 9.36. The van der Waals surface area contributed by atoms with E-state index in [-0.39, 0.29) is 0 Å². The summed E-state index contributed by atoms with van der Waals surface area (Å²) in [5.74, 6) is 0.605. The average molecular weight is 269 g/mol.